The summed E-state index contributed by atoms with van der Waals surface area (Å²) in [7, 11) is -1.06. The Morgan fingerprint density at radius 3 is 2.24 bits per heavy atom. The zero-order valence-electron chi connectivity index (χ0n) is 14.7. The van der Waals surface area contributed by atoms with Crippen LogP contribution in [0.3, 0.4) is 0 Å². The number of hydrogen-bond acceptors (Lipinski definition) is 1. The van der Waals surface area contributed by atoms with Gasteiger partial charge in [0.05, 0.1) is 0 Å². The van der Waals surface area contributed by atoms with Crippen molar-refractivity contribution in [3.63, 3.8) is 0 Å². The minimum absolute atomic E-state index is 0. The molecule has 21 heavy (non-hydrogen) atoms. The summed E-state index contributed by atoms with van der Waals surface area (Å²) < 4.78 is 0. The van der Waals surface area contributed by atoms with Gasteiger partial charge in [-0.05, 0) is 0 Å². The summed E-state index contributed by atoms with van der Waals surface area (Å²) in [6, 6.07) is 0. The first-order chi connectivity index (χ1) is 9.01. The van der Waals surface area contributed by atoms with Crippen molar-refractivity contribution in [2.75, 3.05) is 0 Å². The van der Waals surface area contributed by atoms with Gasteiger partial charge >= 0.3 is 131 Å². The molecule has 1 nitrogen and oxygen atoms in total. The average Bonchev–Trinajstić information content (AvgIpc) is 2.59. The number of fused-ring (bicyclic) bond motifs is 2. The van der Waals surface area contributed by atoms with E-state index in [9.17, 15) is 5.11 Å². The Kier molecular flexibility index (Phi) is 6.11. The van der Waals surface area contributed by atoms with Gasteiger partial charge in [-0.15, -0.1) is 0 Å². The maximum Gasteiger partial charge on any atom is -1.00 e. The molecule has 2 aliphatic rings. The van der Waals surface area contributed by atoms with E-state index >= 15 is 0 Å². The van der Waals surface area contributed by atoms with Crippen LogP contribution in [0.5, 0.6) is 0 Å². The molecule has 2 fully saturated rings. The molecule has 1 N–H and O–H groups in total. The van der Waals surface area contributed by atoms with Crippen molar-refractivity contribution in [1.82, 2.24) is 0 Å². The van der Waals surface area contributed by atoms with Gasteiger partial charge in [0.25, 0.3) is 0 Å². The molecule has 0 aromatic rings. The molecule has 0 aromatic heterocycles. The Balaban J connectivity index is 0.00000220. The Hall–Kier alpha value is 0.916. The summed E-state index contributed by atoms with van der Waals surface area (Å²) in [5, 5.41) is 12.2. The number of rotatable bonds is 4. The normalized spacial score (nSPS) is 39.5. The van der Waals surface area contributed by atoms with Gasteiger partial charge in [-0.25, -0.2) is 0 Å². The van der Waals surface area contributed by atoms with Crippen LogP contribution in [-0.2, 0) is 0 Å². The van der Waals surface area contributed by atoms with Crippen LogP contribution in [0.2, 0.25) is 35.6 Å². The molecule has 0 amide bonds. The molecule has 0 radical (unpaired) electrons. The Bertz CT molecular complexity index is 404. The van der Waals surface area contributed by atoms with Crippen LogP contribution in [0, 0.1) is 16.7 Å². The van der Waals surface area contributed by atoms with Crippen LogP contribution in [0.25, 0.3) is 0 Å². The van der Waals surface area contributed by atoms with Gasteiger partial charge in [0.2, 0.25) is 0 Å². The summed E-state index contributed by atoms with van der Waals surface area (Å²) in [5.41, 5.74) is 2.99. The molecule has 0 spiro atoms. The standard InChI is InChI=1S/C17H33OSeSi.BrH/c1-16(2)13-9-10-17(16,3)15(18)14(13)19(4)11-8-12-20(5,6)7;/h8,12-15,18H,9-11H2,1-7H3;1H/q+1;/p-1/b12-8+;/t13-,14+,15+,17+,19?;/m0./s1. The van der Waals surface area contributed by atoms with Crippen LogP contribution in [0.15, 0.2) is 11.8 Å². The van der Waals surface area contributed by atoms with Crippen LogP contribution in [0.4, 0.5) is 0 Å². The predicted octanol–water partition coefficient (Wildman–Crippen LogP) is 1.74. The van der Waals surface area contributed by atoms with E-state index in [2.05, 4.69) is 58.0 Å². The number of allylic oxidation sites excluding steroid dienone is 1. The second kappa shape index (κ2) is 6.43. The maximum atomic E-state index is 10.9. The van der Waals surface area contributed by atoms with E-state index in [-0.39, 0.29) is 28.5 Å². The van der Waals surface area contributed by atoms with E-state index in [1.807, 2.05) is 0 Å². The van der Waals surface area contributed by atoms with E-state index in [4.69, 9.17) is 0 Å². The summed E-state index contributed by atoms with van der Waals surface area (Å²) >= 11 is -0.739. The minimum Gasteiger partial charge on any atom is -1.00 e. The Labute approximate surface area is 147 Å². The van der Waals surface area contributed by atoms with Crippen molar-refractivity contribution in [1.29, 1.82) is 0 Å². The number of aliphatic hydroxyl groups excluding tert-OH is 1. The van der Waals surface area contributed by atoms with Crippen molar-refractivity contribution in [2.24, 2.45) is 16.7 Å². The minimum atomic E-state index is -1.06. The van der Waals surface area contributed by atoms with Gasteiger partial charge < -0.3 is 17.0 Å². The van der Waals surface area contributed by atoms with Crippen molar-refractivity contribution in [3.05, 3.63) is 11.8 Å². The molecule has 0 aliphatic heterocycles. The maximum absolute atomic E-state index is 10.9. The molecule has 2 bridgehead atoms. The van der Waals surface area contributed by atoms with Crippen molar-refractivity contribution in [3.8, 4) is 0 Å². The molecule has 1 unspecified atom stereocenters. The molecule has 2 aliphatic carbocycles. The number of halogens is 1. The van der Waals surface area contributed by atoms with Gasteiger partial charge in [0.15, 0.2) is 0 Å². The Morgan fingerprint density at radius 2 is 1.81 bits per heavy atom. The zero-order valence-corrected chi connectivity index (χ0v) is 19.0. The van der Waals surface area contributed by atoms with Crippen LogP contribution < -0.4 is 17.0 Å². The molecule has 124 valence electrons. The molecule has 0 saturated heterocycles. The van der Waals surface area contributed by atoms with E-state index in [0.29, 0.717) is 10.2 Å². The SMILES string of the molecule is C[Se+](C/C=C/[Si](C)(C)C)[C@H]1[C@@H](O)[C@@]2(C)CC[C@@H]1C2(C)C.[Br-]. The Morgan fingerprint density at radius 1 is 1.24 bits per heavy atom. The first-order valence-corrected chi connectivity index (χ1v) is 15.5. The zero-order chi connectivity index (χ0) is 15.3. The molecule has 4 heteroatoms. The molecule has 0 aromatic carbocycles. The number of hydrogen-bond donors (Lipinski definition) is 1. The van der Waals surface area contributed by atoms with Crippen molar-refractivity contribution < 1.29 is 22.1 Å². The molecule has 2 rings (SSSR count). The fourth-order valence-electron chi connectivity index (χ4n) is 4.41. The molecule has 0 heterocycles. The van der Waals surface area contributed by atoms with E-state index in [0.717, 1.165) is 5.92 Å². The van der Waals surface area contributed by atoms with Crippen LogP contribution in [-0.4, -0.2) is 33.2 Å². The second-order valence-electron chi connectivity index (χ2n) is 8.82. The molecule has 2 saturated carbocycles. The first kappa shape index (κ1) is 20.0. The largest absolute Gasteiger partial charge is 1.00 e. The third kappa shape index (κ3) is 3.40. The van der Waals surface area contributed by atoms with Crippen LogP contribution >= 0.6 is 0 Å². The van der Waals surface area contributed by atoms with Gasteiger partial charge in [0, 0.05) is 0 Å². The van der Waals surface area contributed by atoms with Gasteiger partial charge in [-0.2, -0.15) is 0 Å². The second-order valence-corrected chi connectivity index (χ2v) is 18.6. The molecular formula is C17H33BrOSeSi. The monoisotopic (exact) mass is 440 g/mol. The first-order valence-electron chi connectivity index (χ1n) is 7.98. The smallest absolute Gasteiger partial charge is 1.00 e. The third-order valence-electron chi connectivity index (χ3n) is 6.18. The van der Waals surface area contributed by atoms with E-state index in [1.165, 1.54) is 18.2 Å². The molecule has 5 atom stereocenters. The van der Waals surface area contributed by atoms with Gasteiger partial charge in [-0.3, -0.25) is 0 Å². The number of aliphatic hydroxyl groups is 1. The van der Waals surface area contributed by atoms with Gasteiger partial charge in [-0.1, -0.05) is 0 Å². The third-order valence-corrected chi connectivity index (χ3v) is 12.1. The fourth-order valence-corrected chi connectivity index (χ4v) is 10.7. The van der Waals surface area contributed by atoms with E-state index < -0.39 is 22.0 Å². The summed E-state index contributed by atoms with van der Waals surface area (Å²) in [4.78, 5) is 0.620. The topological polar surface area (TPSA) is 20.2 Å². The summed E-state index contributed by atoms with van der Waals surface area (Å²) in [6.07, 6.45) is 4.97. The van der Waals surface area contributed by atoms with Crippen LogP contribution in [0.1, 0.15) is 33.6 Å². The molecular weight excluding hydrogens is 407 g/mol. The predicted molar refractivity (Wildman–Crippen MR) is 93.3 cm³/mol. The average molecular weight is 440 g/mol. The van der Waals surface area contributed by atoms with Crippen molar-refractivity contribution in [2.45, 2.75) is 75.3 Å². The quantitative estimate of drug-likeness (QED) is 0.661. The summed E-state index contributed by atoms with van der Waals surface area (Å²) in [5.74, 6) is 3.24. The fraction of sp³-hybridized carbons (Fsp3) is 0.882. The van der Waals surface area contributed by atoms with E-state index in [1.54, 1.807) is 0 Å². The van der Waals surface area contributed by atoms with Crippen molar-refractivity contribution >= 4 is 22.0 Å². The van der Waals surface area contributed by atoms with Gasteiger partial charge in [0.1, 0.15) is 0 Å². The summed E-state index contributed by atoms with van der Waals surface area (Å²) in [6.45, 7) is 14.3.